The maximum absolute atomic E-state index is 4.80. The van der Waals surface area contributed by atoms with Crippen LogP contribution in [0.25, 0.3) is 0 Å². The van der Waals surface area contributed by atoms with E-state index in [4.69, 9.17) is 9.97 Å². The van der Waals surface area contributed by atoms with Crippen molar-refractivity contribution in [2.45, 2.75) is 58.4 Å². The monoisotopic (exact) mass is 303 g/mol. The number of fused-ring (bicyclic) bond motifs is 1. The first-order valence-electron chi connectivity index (χ1n) is 8.67. The van der Waals surface area contributed by atoms with Crippen molar-refractivity contribution in [3.05, 3.63) is 5.82 Å². The predicted octanol–water partition coefficient (Wildman–Crippen LogP) is 3.08. The molecular weight excluding hydrogens is 274 g/mol. The minimum Gasteiger partial charge on any atom is -0.347 e. The molecular formula is C17H29N5. The predicted molar refractivity (Wildman–Crippen MR) is 90.5 cm³/mol. The van der Waals surface area contributed by atoms with E-state index in [1.807, 2.05) is 19.0 Å². The van der Waals surface area contributed by atoms with Gasteiger partial charge in [0.15, 0.2) is 0 Å². The van der Waals surface area contributed by atoms with Gasteiger partial charge in [0.2, 0.25) is 11.9 Å². The zero-order valence-corrected chi connectivity index (χ0v) is 14.6. The summed E-state index contributed by atoms with van der Waals surface area (Å²) in [5, 5.41) is 0. The molecule has 3 atom stereocenters. The van der Waals surface area contributed by atoms with E-state index in [2.05, 4.69) is 30.7 Å². The van der Waals surface area contributed by atoms with E-state index in [0.717, 1.165) is 36.1 Å². The van der Waals surface area contributed by atoms with E-state index in [1.54, 1.807) is 0 Å². The Kier molecular flexibility index (Phi) is 4.24. The molecule has 122 valence electrons. The summed E-state index contributed by atoms with van der Waals surface area (Å²) in [7, 11) is 4.00. The number of anilines is 2. The minimum atomic E-state index is 0.322. The Morgan fingerprint density at radius 3 is 2.50 bits per heavy atom. The minimum absolute atomic E-state index is 0.322. The molecule has 0 aromatic carbocycles. The fraction of sp³-hybridized carbons (Fsp3) is 0.824. The number of nitrogens with zero attached hydrogens (tertiary/aromatic N) is 5. The fourth-order valence-corrected chi connectivity index (χ4v) is 3.96. The lowest BCUT2D eigenvalue weighted by atomic mass is 9.80. The zero-order chi connectivity index (χ0) is 15.9. The first kappa shape index (κ1) is 15.5. The Hall–Kier alpha value is -1.39. The molecule has 1 saturated carbocycles. The molecule has 2 fully saturated rings. The van der Waals surface area contributed by atoms with Crippen molar-refractivity contribution in [2.75, 3.05) is 30.4 Å². The van der Waals surface area contributed by atoms with Crippen LogP contribution in [0.5, 0.6) is 0 Å². The van der Waals surface area contributed by atoms with Gasteiger partial charge in [0.1, 0.15) is 5.82 Å². The molecule has 1 aromatic rings. The van der Waals surface area contributed by atoms with Crippen LogP contribution >= 0.6 is 0 Å². The lowest BCUT2D eigenvalue weighted by Gasteiger charge is -2.32. The average molecular weight is 303 g/mol. The third-order valence-corrected chi connectivity index (χ3v) is 5.20. The number of hydrogen-bond donors (Lipinski definition) is 0. The van der Waals surface area contributed by atoms with Gasteiger partial charge in [0, 0.05) is 32.6 Å². The van der Waals surface area contributed by atoms with Crippen LogP contribution in [0.15, 0.2) is 0 Å². The van der Waals surface area contributed by atoms with Gasteiger partial charge in [-0.2, -0.15) is 15.0 Å². The largest absolute Gasteiger partial charge is 0.347 e. The van der Waals surface area contributed by atoms with Crippen LogP contribution in [0, 0.1) is 11.8 Å². The van der Waals surface area contributed by atoms with Crippen LogP contribution in [0.4, 0.5) is 11.9 Å². The van der Waals surface area contributed by atoms with E-state index in [9.17, 15) is 0 Å². The van der Waals surface area contributed by atoms with Gasteiger partial charge in [0.05, 0.1) is 0 Å². The molecule has 2 heterocycles. The Morgan fingerprint density at radius 1 is 1.09 bits per heavy atom. The van der Waals surface area contributed by atoms with Crippen LogP contribution in [-0.2, 0) is 0 Å². The Morgan fingerprint density at radius 2 is 1.82 bits per heavy atom. The number of aromatic nitrogens is 3. The third kappa shape index (κ3) is 2.77. The maximum atomic E-state index is 4.80. The Labute approximate surface area is 134 Å². The van der Waals surface area contributed by atoms with Crippen molar-refractivity contribution in [3.8, 4) is 0 Å². The molecule has 0 amide bonds. The molecule has 1 aliphatic carbocycles. The van der Waals surface area contributed by atoms with Crippen molar-refractivity contribution in [3.63, 3.8) is 0 Å². The van der Waals surface area contributed by atoms with Gasteiger partial charge >= 0.3 is 0 Å². The first-order valence-corrected chi connectivity index (χ1v) is 8.67. The lowest BCUT2D eigenvalue weighted by Crippen LogP contribution is -2.36. The molecule has 0 bridgehead atoms. The first-order chi connectivity index (χ1) is 10.5. The molecule has 5 nitrogen and oxygen atoms in total. The molecule has 0 spiro atoms. The molecule has 22 heavy (non-hydrogen) atoms. The Bertz CT molecular complexity index is 502. The molecule has 0 N–H and O–H groups in total. The van der Waals surface area contributed by atoms with Crippen LogP contribution in [0.1, 0.15) is 58.2 Å². The van der Waals surface area contributed by atoms with Gasteiger partial charge in [-0.25, -0.2) is 0 Å². The highest BCUT2D eigenvalue weighted by molar-refractivity contribution is 5.41. The zero-order valence-electron chi connectivity index (χ0n) is 14.6. The van der Waals surface area contributed by atoms with E-state index in [0.29, 0.717) is 12.0 Å². The SMILES string of the molecule is CC(C)c1nc(N(C)C)nc(N2CC(C)C3CCCCC32)n1. The summed E-state index contributed by atoms with van der Waals surface area (Å²) >= 11 is 0. The highest BCUT2D eigenvalue weighted by Crippen LogP contribution is 2.41. The smallest absolute Gasteiger partial charge is 0.230 e. The second-order valence-corrected chi connectivity index (χ2v) is 7.49. The van der Waals surface area contributed by atoms with E-state index in [-0.39, 0.29) is 0 Å². The van der Waals surface area contributed by atoms with Gasteiger partial charge in [-0.15, -0.1) is 0 Å². The fourth-order valence-electron chi connectivity index (χ4n) is 3.96. The summed E-state index contributed by atoms with van der Waals surface area (Å²) in [5.74, 6) is 4.45. The third-order valence-electron chi connectivity index (χ3n) is 5.20. The van der Waals surface area contributed by atoms with E-state index in [1.165, 1.54) is 25.7 Å². The van der Waals surface area contributed by atoms with E-state index >= 15 is 0 Å². The molecule has 5 heteroatoms. The normalized spacial score (nSPS) is 28.1. The van der Waals surface area contributed by atoms with Crippen molar-refractivity contribution in [1.82, 2.24) is 15.0 Å². The summed E-state index contributed by atoms with van der Waals surface area (Å²) in [5.41, 5.74) is 0. The standard InChI is InChI=1S/C17H29N5/c1-11(2)15-18-16(21(4)5)20-17(19-15)22-10-12(3)13-8-6-7-9-14(13)22/h11-14H,6-10H2,1-5H3. The van der Waals surface area contributed by atoms with Crippen molar-refractivity contribution >= 4 is 11.9 Å². The van der Waals surface area contributed by atoms with Gasteiger partial charge in [-0.1, -0.05) is 33.6 Å². The van der Waals surface area contributed by atoms with Gasteiger partial charge in [-0.3, -0.25) is 0 Å². The summed E-state index contributed by atoms with van der Waals surface area (Å²) in [6.45, 7) is 7.77. The number of hydrogen-bond acceptors (Lipinski definition) is 5. The van der Waals surface area contributed by atoms with Gasteiger partial charge < -0.3 is 9.80 Å². The molecule has 1 saturated heterocycles. The molecule has 3 rings (SSSR count). The van der Waals surface area contributed by atoms with Gasteiger partial charge in [0.25, 0.3) is 0 Å². The summed E-state index contributed by atoms with van der Waals surface area (Å²) < 4.78 is 0. The second kappa shape index (κ2) is 6.01. The molecule has 1 aliphatic heterocycles. The van der Waals surface area contributed by atoms with Crippen molar-refractivity contribution < 1.29 is 0 Å². The number of rotatable bonds is 3. The summed E-state index contributed by atoms with van der Waals surface area (Å²) in [6, 6.07) is 0.626. The topological polar surface area (TPSA) is 45.2 Å². The lowest BCUT2D eigenvalue weighted by molar-refractivity contribution is 0.293. The highest BCUT2D eigenvalue weighted by Gasteiger charge is 2.41. The summed E-state index contributed by atoms with van der Waals surface area (Å²) in [6.07, 6.45) is 5.38. The van der Waals surface area contributed by atoms with Crippen LogP contribution in [-0.4, -0.2) is 41.6 Å². The van der Waals surface area contributed by atoms with E-state index < -0.39 is 0 Å². The van der Waals surface area contributed by atoms with Gasteiger partial charge in [-0.05, 0) is 24.7 Å². The van der Waals surface area contributed by atoms with Crippen molar-refractivity contribution in [2.24, 2.45) is 11.8 Å². The summed E-state index contributed by atoms with van der Waals surface area (Å²) in [4.78, 5) is 18.6. The average Bonchev–Trinajstić information content (AvgIpc) is 2.84. The van der Waals surface area contributed by atoms with Crippen LogP contribution in [0.2, 0.25) is 0 Å². The van der Waals surface area contributed by atoms with Crippen LogP contribution < -0.4 is 9.80 Å². The molecule has 0 radical (unpaired) electrons. The second-order valence-electron chi connectivity index (χ2n) is 7.49. The highest BCUT2D eigenvalue weighted by atomic mass is 15.3. The maximum Gasteiger partial charge on any atom is 0.230 e. The molecule has 1 aromatic heterocycles. The molecule has 3 unspecified atom stereocenters. The molecule has 2 aliphatic rings. The quantitative estimate of drug-likeness (QED) is 0.858. The van der Waals surface area contributed by atoms with Crippen LogP contribution in [0.3, 0.4) is 0 Å². The van der Waals surface area contributed by atoms with Crippen molar-refractivity contribution in [1.29, 1.82) is 0 Å². The Balaban J connectivity index is 1.96.